The largest absolute Gasteiger partial charge is 0.495 e. The Bertz CT molecular complexity index is 595. The number of methoxy groups -OCH3 is 1. The summed E-state index contributed by atoms with van der Waals surface area (Å²) < 4.78 is 44.6. The monoisotopic (exact) mass is 323 g/mol. The van der Waals surface area contributed by atoms with Crippen molar-refractivity contribution in [2.45, 2.75) is 23.5 Å². The van der Waals surface area contributed by atoms with Gasteiger partial charge in [-0.15, -0.1) is 0 Å². The number of sulfonamides is 1. The van der Waals surface area contributed by atoms with Gasteiger partial charge in [0.2, 0.25) is 10.0 Å². The Morgan fingerprint density at radius 1 is 1.55 bits per heavy atom. The predicted octanol–water partition coefficient (Wildman–Crippen LogP) is 1.44. The van der Waals surface area contributed by atoms with Gasteiger partial charge in [0.25, 0.3) is 0 Å². The highest BCUT2D eigenvalue weighted by atomic mass is 35.5. The van der Waals surface area contributed by atoms with Crippen molar-refractivity contribution in [2.75, 3.05) is 20.3 Å². The smallest absolute Gasteiger partial charge is 0.247 e. The summed E-state index contributed by atoms with van der Waals surface area (Å²) in [7, 11) is -2.63. The van der Waals surface area contributed by atoms with Gasteiger partial charge in [-0.1, -0.05) is 11.6 Å². The topological polar surface area (TPSA) is 66.8 Å². The van der Waals surface area contributed by atoms with Crippen LogP contribution >= 0.6 is 11.6 Å². The standard InChI is InChI=1S/C12H15ClFNO4S/c1-19-11-3-2-8(13)4-12(11)20(17,18)15-6-9(14)5-10(15)7-16/h2-4,9-10,16H,5-7H2,1H3/t9-,10-/m0/s1. The molecule has 1 aliphatic heterocycles. The molecule has 0 saturated carbocycles. The highest BCUT2D eigenvalue weighted by Crippen LogP contribution is 2.33. The summed E-state index contributed by atoms with van der Waals surface area (Å²) in [6.07, 6.45) is -1.30. The van der Waals surface area contributed by atoms with E-state index in [1.54, 1.807) is 0 Å². The molecule has 8 heteroatoms. The lowest BCUT2D eigenvalue weighted by Gasteiger charge is -2.23. The zero-order valence-corrected chi connectivity index (χ0v) is 12.4. The number of alkyl halides is 1. The maximum atomic E-state index is 13.4. The second-order valence-corrected chi connectivity index (χ2v) is 6.83. The van der Waals surface area contributed by atoms with Crippen molar-refractivity contribution < 1.29 is 22.7 Å². The summed E-state index contributed by atoms with van der Waals surface area (Å²) in [6.45, 7) is -0.703. The van der Waals surface area contributed by atoms with E-state index in [-0.39, 0.29) is 28.6 Å². The van der Waals surface area contributed by atoms with Gasteiger partial charge in [0, 0.05) is 11.6 Å². The quantitative estimate of drug-likeness (QED) is 0.910. The zero-order valence-electron chi connectivity index (χ0n) is 10.8. The van der Waals surface area contributed by atoms with Crippen LogP contribution in [0.2, 0.25) is 5.02 Å². The third-order valence-corrected chi connectivity index (χ3v) is 5.41. The van der Waals surface area contributed by atoms with E-state index < -0.39 is 28.8 Å². The Morgan fingerprint density at radius 3 is 2.85 bits per heavy atom. The van der Waals surface area contributed by atoms with Crippen LogP contribution in [0.25, 0.3) is 0 Å². The molecule has 1 saturated heterocycles. The van der Waals surface area contributed by atoms with E-state index in [4.69, 9.17) is 16.3 Å². The van der Waals surface area contributed by atoms with E-state index in [1.165, 1.54) is 25.3 Å². The molecule has 112 valence electrons. The number of rotatable bonds is 4. The average molecular weight is 324 g/mol. The molecule has 0 radical (unpaired) electrons. The van der Waals surface area contributed by atoms with Crippen LogP contribution in [0.1, 0.15) is 6.42 Å². The van der Waals surface area contributed by atoms with Gasteiger partial charge < -0.3 is 9.84 Å². The third-order valence-electron chi connectivity index (χ3n) is 3.24. The molecular formula is C12H15ClFNO4S. The van der Waals surface area contributed by atoms with Crippen LogP contribution in [0.4, 0.5) is 4.39 Å². The minimum atomic E-state index is -3.97. The predicted molar refractivity (Wildman–Crippen MR) is 72.3 cm³/mol. The maximum absolute atomic E-state index is 13.4. The molecule has 0 aromatic heterocycles. The van der Waals surface area contributed by atoms with Crippen molar-refractivity contribution in [3.05, 3.63) is 23.2 Å². The Kier molecular flexibility index (Phi) is 4.53. The minimum absolute atomic E-state index is 0.0153. The number of hydrogen-bond acceptors (Lipinski definition) is 4. The lowest BCUT2D eigenvalue weighted by Crippen LogP contribution is -2.38. The summed E-state index contributed by atoms with van der Waals surface area (Å²) in [4.78, 5) is -0.125. The van der Waals surface area contributed by atoms with Crippen LogP contribution in [0.15, 0.2) is 23.1 Å². The first-order valence-electron chi connectivity index (χ1n) is 6.00. The van der Waals surface area contributed by atoms with Crippen molar-refractivity contribution in [2.24, 2.45) is 0 Å². The molecule has 1 aromatic carbocycles. The van der Waals surface area contributed by atoms with Crippen LogP contribution in [0, 0.1) is 0 Å². The van der Waals surface area contributed by atoms with Gasteiger partial charge in [-0.05, 0) is 24.6 Å². The molecule has 1 N–H and O–H groups in total. The maximum Gasteiger partial charge on any atom is 0.247 e. The van der Waals surface area contributed by atoms with Crippen molar-refractivity contribution in [1.82, 2.24) is 4.31 Å². The number of halogens is 2. The number of aliphatic hydroxyl groups is 1. The number of nitrogens with zero attached hydrogens (tertiary/aromatic N) is 1. The van der Waals surface area contributed by atoms with Gasteiger partial charge in [0.05, 0.1) is 19.8 Å². The van der Waals surface area contributed by atoms with Crippen molar-refractivity contribution >= 4 is 21.6 Å². The third kappa shape index (κ3) is 2.76. The minimum Gasteiger partial charge on any atom is -0.495 e. The van der Waals surface area contributed by atoms with E-state index in [2.05, 4.69) is 0 Å². The summed E-state index contributed by atoms with van der Waals surface area (Å²) >= 11 is 5.82. The summed E-state index contributed by atoms with van der Waals surface area (Å²) in [5.41, 5.74) is 0. The molecule has 0 unspecified atom stereocenters. The van der Waals surface area contributed by atoms with Crippen LogP contribution in [-0.2, 0) is 10.0 Å². The normalized spacial score (nSPS) is 24.0. The van der Waals surface area contributed by atoms with Gasteiger partial charge >= 0.3 is 0 Å². The van der Waals surface area contributed by atoms with Crippen LogP contribution < -0.4 is 4.74 Å². The first kappa shape index (κ1) is 15.5. The zero-order chi connectivity index (χ0) is 14.9. The fourth-order valence-electron chi connectivity index (χ4n) is 2.27. The number of ether oxygens (including phenoxy) is 1. The summed E-state index contributed by atoms with van der Waals surface area (Å²) in [5.74, 6) is 0.133. The molecule has 0 aliphatic carbocycles. The van der Waals surface area contributed by atoms with Gasteiger partial charge in [0.1, 0.15) is 16.8 Å². The lowest BCUT2D eigenvalue weighted by atomic mass is 10.2. The van der Waals surface area contributed by atoms with E-state index in [0.717, 1.165) is 4.31 Å². The first-order valence-corrected chi connectivity index (χ1v) is 7.82. The molecule has 0 amide bonds. The van der Waals surface area contributed by atoms with Gasteiger partial charge in [-0.3, -0.25) is 0 Å². The van der Waals surface area contributed by atoms with Gasteiger partial charge in [-0.2, -0.15) is 4.31 Å². The molecule has 1 fully saturated rings. The van der Waals surface area contributed by atoms with Crippen molar-refractivity contribution in [3.63, 3.8) is 0 Å². The molecule has 20 heavy (non-hydrogen) atoms. The molecule has 2 atom stereocenters. The Hall–Kier alpha value is -0.890. The van der Waals surface area contributed by atoms with E-state index in [1.807, 2.05) is 0 Å². The highest BCUT2D eigenvalue weighted by molar-refractivity contribution is 7.89. The van der Waals surface area contributed by atoms with Crippen LogP contribution in [0.5, 0.6) is 5.75 Å². The Morgan fingerprint density at radius 2 is 2.25 bits per heavy atom. The molecule has 2 rings (SSSR count). The first-order chi connectivity index (χ1) is 9.40. The van der Waals surface area contributed by atoms with E-state index >= 15 is 0 Å². The lowest BCUT2D eigenvalue weighted by molar-refractivity contribution is 0.212. The number of hydrogen-bond donors (Lipinski definition) is 1. The second kappa shape index (κ2) is 5.85. The van der Waals surface area contributed by atoms with Crippen LogP contribution in [0.3, 0.4) is 0 Å². The summed E-state index contributed by atoms with van der Waals surface area (Å²) in [6, 6.07) is 3.44. The SMILES string of the molecule is COc1ccc(Cl)cc1S(=O)(=O)N1C[C@@H](F)C[C@H]1CO. The summed E-state index contributed by atoms with van der Waals surface area (Å²) in [5, 5.41) is 9.45. The molecule has 0 spiro atoms. The fraction of sp³-hybridized carbons (Fsp3) is 0.500. The number of benzene rings is 1. The second-order valence-electron chi connectivity index (χ2n) is 4.54. The fourth-order valence-corrected chi connectivity index (χ4v) is 4.34. The van der Waals surface area contributed by atoms with E-state index in [0.29, 0.717) is 0 Å². The molecular weight excluding hydrogens is 309 g/mol. The number of aliphatic hydroxyl groups excluding tert-OH is 1. The molecule has 0 bridgehead atoms. The van der Waals surface area contributed by atoms with E-state index in [9.17, 15) is 17.9 Å². The average Bonchev–Trinajstić information content (AvgIpc) is 2.80. The van der Waals surface area contributed by atoms with Crippen LogP contribution in [-0.4, -0.2) is 50.3 Å². The highest BCUT2D eigenvalue weighted by Gasteiger charge is 2.41. The molecule has 1 aliphatic rings. The Balaban J connectivity index is 2.47. The Labute approximate surface area is 122 Å². The molecule has 1 aromatic rings. The van der Waals surface area contributed by atoms with Crippen molar-refractivity contribution in [1.29, 1.82) is 0 Å². The molecule has 1 heterocycles. The molecule has 5 nitrogen and oxygen atoms in total. The van der Waals surface area contributed by atoms with Crippen molar-refractivity contribution in [3.8, 4) is 5.75 Å². The van der Waals surface area contributed by atoms with Gasteiger partial charge in [-0.25, -0.2) is 12.8 Å². The van der Waals surface area contributed by atoms with Gasteiger partial charge in [0.15, 0.2) is 0 Å².